The lowest BCUT2D eigenvalue weighted by atomic mass is 10.2. The Balaban J connectivity index is 2.06. The molecule has 0 atom stereocenters. The van der Waals surface area contributed by atoms with E-state index in [0.29, 0.717) is 16.6 Å². The normalized spacial score (nSPS) is 16.9. The summed E-state index contributed by atoms with van der Waals surface area (Å²) in [4.78, 5) is 4.80. The summed E-state index contributed by atoms with van der Waals surface area (Å²) >= 11 is 6.07. The molecule has 1 aromatic rings. The van der Waals surface area contributed by atoms with Crippen molar-refractivity contribution in [2.75, 3.05) is 31.1 Å². The van der Waals surface area contributed by atoms with Gasteiger partial charge in [-0.2, -0.15) is 5.26 Å². The molecule has 0 bridgehead atoms. The summed E-state index contributed by atoms with van der Waals surface area (Å²) in [6.45, 7) is 8.65. The first-order valence-electron chi connectivity index (χ1n) is 6.30. The number of nitriles is 1. The van der Waals surface area contributed by atoms with Crippen molar-refractivity contribution in [3.63, 3.8) is 0 Å². The molecule has 0 unspecified atom stereocenters. The van der Waals surface area contributed by atoms with Crippen molar-refractivity contribution in [3.8, 4) is 6.07 Å². The summed E-state index contributed by atoms with van der Waals surface area (Å²) in [5.41, 5.74) is 1.66. The maximum atomic E-state index is 8.86. The predicted octanol–water partition coefficient (Wildman–Crippen LogP) is 2.74. The third-order valence-electron chi connectivity index (χ3n) is 3.48. The largest absolute Gasteiger partial charge is 0.369 e. The fourth-order valence-corrected chi connectivity index (χ4v) is 2.50. The highest BCUT2D eigenvalue weighted by Crippen LogP contribution is 2.24. The molecule has 96 valence electrons. The van der Waals surface area contributed by atoms with Gasteiger partial charge in [-0.15, -0.1) is 0 Å². The number of benzene rings is 1. The van der Waals surface area contributed by atoms with Crippen molar-refractivity contribution in [1.82, 2.24) is 4.90 Å². The quantitative estimate of drug-likeness (QED) is 0.822. The van der Waals surface area contributed by atoms with Crippen molar-refractivity contribution in [2.45, 2.75) is 19.9 Å². The van der Waals surface area contributed by atoms with E-state index in [4.69, 9.17) is 16.9 Å². The second-order valence-electron chi connectivity index (χ2n) is 4.89. The van der Waals surface area contributed by atoms with Gasteiger partial charge in [-0.05, 0) is 32.0 Å². The maximum absolute atomic E-state index is 8.86. The van der Waals surface area contributed by atoms with E-state index < -0.39 is 0 Å². The van der Waals surface area contributed by atoms with Crippen LogP contribution >= 0.6 is 11.6 Å². The molecule has 1 fully saturated rings. The van der Waals surface area contributed by atoms with Crippen LogP contribution in [-0.2, 0) is 0 Å². The van der Waals surface area contributed by atoms with Crippen LogP contribution in [0.25, 0.3) is 0 Å². The van der Waals surface area contributed by atoms with Crippen molar-refractivity contribution in [3.05, 3.63) is 28.8 Å². The smallest absolute Gasteiger partial charge is 0.101 e. The van der Waals surface area contributed by atoms with Gasteiger partial charge in [-0.25, -0.2) is 0 Å². The van der Waals surface area contributed by atoms with Gasteiger partial charge >= 0.3 is 0 Å². The molecule has 0 aromatic heterocycles. The van der Waals surface area contributed by atoms with Crippen molar-refractivity contribution in [2.24, 2.45) is 0 Å². The van der Waals surface area contributed by atoms with E-state index >= 15 is 0 Å². The van der Waals surface area contributed by atoms with Crippen LogP contribution in [-0.4, -0.2) is 37.1 Å². The monoisotopic (exact) mass is 263 g/mol. The average Bonchev–Trinajstić information content (AvgIpc) is 2.38. The van der Waals surface area contributed by atoms with Crippen LogP contribution in [0.5, 0.6) is 0 Å². The molecule has 1 aliphatic rings. The number of rotatable bonds is 2. The van der Waals surface area contributed by atoms with Gasteiger partial charge in [0.15, 0.2) is 0 Å². The van der Waals surface area contributed by atoms with E-state index in [0.717, 1.165) is 31.9 Å². The topological polar surface area (TPSA) is 30.3 Å². The molecule has 4 heteroatoms. The zero-order chi connectivity index (χ0) is 13.1. The standard InChI is InChI=1S/C14H18ClN3/c1-11(2)17-5-7-18(8-6-17)13-4-3-12(10-16)14(15)9-13/h3-4,9,11H,5-8H2,1-2H3. The minimum atomic E-state index is 0.543. The van der Waals surface area contributed by atoms with Gasteiger partial charge in [0.05, 0.1) is 10.6 Å². The molecule has 0 aliphatic carbocycles. The summed E-state index contributed by atoms with van der Waals surface area (Å²) in [6, 6.07) is 8.37. The molecule has 0 saturated carbocycles. The van der Waals surface area contributed by atoms with Crippen LogP contribution in [0.1, 0.15) is 19.4 Å². The molecule has 0 N–H and O–H groups in total. The number of hydrogen-bond donors (Lipinski definition) is 0. The maximum Gasteiger partial charge on any atom is 0.101 e. The molecule has 0 radical (unpaired) electrons. The molecular formula is C14H18ClN3. The van der Waals surface area contributed by atoms with Gasteiger partial charge in [0.1, 0.15) is 6.07 Å². The minimum absolute atomic E-state index is 0.543. The lowest BCUT2D eigenvalue weighted by Crippen LogP contribution is -2.48. The molecular weight excluding hydrogens is 246 g/mol. The Morgan fingerprint density at radius 3 is 2.39 bits per heavy atom. The molecule has 2 rings (SSSR count). The van der Waals surface area contributed by atoms with Gasteiger partial charge in [-0.1, -0.05) is 11.6 Å². The van der Waals surface area contributed by atoms with Crippen molar-refractivity contribution < 1.29 is 0 Å². The summed E-state index contributed by atoms with van der Waals surface area (Å²) in [5.74, 6) is 0. The highest BCUT2D eigenvalue weighted by molar-refractivity contribution is 6.32. The van der Waals surface area contributed by atoms with Gasteiger partial charge in [0.2, 0.25) is 0 Å². The number of anilines is 1. The first kappa shape index (κ1) is 13.2. The molecule has 1 aromatic carbocycles. The van der Waals surface area contributed by atoms with E-state index in [9.17, 15) is 0 Å². The van der Waals surface area contributed by atoms with Crippen LogP contribution < -0.4 is 4.90 Å². The van der Waals surface area contributed by atoms with Crippen LogP contribution in [0.2, 0.25) is 5.02 Å². The average molecular weight is 264 g/mol. The van der Waals surface area contributed by atoms with E-state index in [2.05, 4.69) is 29.7 Å². The molecule has 1 heterocycles. The second kappa shape index (κ2) is 5.60. The van der Waals surface area contributed by atoms with E-state index in [1.165, 1.54) is 0 Å². The SMILES string of the molecule is CC(C)N1CCN(c2ccc(C#N)c(Cl)c2)CC1. The molecule has 0 spiro atoms. The Morgan fingerprint density at radius 2 is 1.89 bits per heavy atom. The highest BCUT2D eigenvalue weighted by atomic mass is 35.5. The van der Waals surface area contributed by atoms with E-state index in [-0.39, 0.29) is 0 Å². The van der Waals surface area contributed by atoms with E-state index in [1.807, 2.05) is 12.1 Å². The number of halogens is 1. The van der Waals surface area contributed by atoms with Crippen LogP contribution in [0, 0.1) is 11.3 Å². The molecule has 3 nitrogen and oxygen atoms in total. The summed E-state index contributed by atoms with van der Waals surface area (Å²) in [5, 5.41) is 9.40. The Bertz CT molecular complexity index is 457. The fraction of sp³-hybridized carbons (Fsp3) is 0.500. The van der Waals surface area contributed by atoms with Gasteiger partial charge in [-0.3, -0.25) is 4.90 Å². The summed E-state index contributed by atoms with van der Waals surface area (Å²) in [6.07, 6.45) is 0. The van der Waals surface area contributed by atoms with Crippen molar-refractivity contribution >= 4 is 17.3 Å². The van der Waals surface area contributed by atoms with Crippen LogP contribution in [0.15, 0.2) is 18.2 Å². The first-order valence-corrected chi connectivity index (χ1v) is 6.68. The predicted molar refractivity (Wildman–Crippen MR) is 75.1 cm³/mol. The lowest BCUT2D eigenvalue weighted by molar-refractivity contribution is 0.209. The fourth-order valence-electron chi connectivity index (χ4n) is 2.29. The van der Waals surface area contributed by atoms with Crippen LogP contribution in [0.3, 0.4) is 0 Å². The number of piperazine rings is 1. The Morgan fingerprint density at radius 1 is 1.22 bits per heavy atom. The third-order valence-corrected chi connectivity index (χ3v) is 3.80. The Hall–Kier alpha value is -1.24. The Labute approximate surface area is 114 Å². The zero-order valence-electron chi connectivity index (χ0n) is 10.9. The molecule has 0 amide bonds. The lowest BCUT2D eigenvalue weighted by Gasteiger charge is -2.38. The number of nitrogens with zero attached hydrogens (tertiary/aromatic N) is 3. The molecule has 1 aliphatic heterocycles. The summed E-state index contributed by atoms with van der Waals surface area (Å²) in [7, 11) is 0. The second-order valence-corrected chi connectivity index (χ2v) is 5.30. The number of hydrogen-bond acceptors (Lipinski definition) is 3. The minimum Gasteiger partial charge on any atom is -0.369 e. The van der Waals surface area contributed by atoms with Crippen LogP contribution in [0.4, 0.5) is 5.69 Å². The molecule has 1 saturated heterocycles. The van der Waals surface area contributed by atoms with Gasteiger partial charge < -0.3 is 4.90 Å². The first-order chi connectivity index (χ1) is 8.61. The highest BCUT2D eigenvalue weighted by Gasteiger charge is 2.19. The van der Waals surface area contributed by atoms with Gasteiger partial charge in [0.25, 0.3) is 0 Å². The van der Waals surface area contributed by atoms with Gasteiger partial charge in [0, 0.05) is 37.9 Å². The Kier molecular flexibility index (Phi) is 4.11. The third kappa shape index (κ3) is 2.77. The zero-order valence-corrected chi connectivity index (χ0v) is 11.6. The summed E-state index contributed by atoms with van der Waals surface area (Å²) < 4.78 is 0. The van der Waals surface area contributed by atoms with E-state index in [1.54, 1.807) is 6.07 Å². The van der Waals surface area contributed by atoms with Crippen molar-refractivity contribution in [1.29, 1.82) is 5.26 Å². The molecule has 18 heavy (non-hydrogen) atoms.